The molecule has 0 aromatic heterocycles. The predicted octanol–water partition coefficient (Wildman–Crippen LogP) is 1.89. The molecule has 0 amide bonds. The van der Waals surface area contributed by atoms with Gasteiger partial charge in [-0.05, 0) is 26.7 Å². The summed E-state index contributed by atoms with van der Waals surface area (Å²) in [5, 5.41) is 3.60. The number of carbonyl (C=O) groups excluding carboxylic acids is 1. The third-order valence-corrected chi connectivity index (χ3v) is 3.37. The quantitative estimate of drug-likeness (QED) is 0.618. The molecule has 13 heavy (non-hydrogen) atoms. The fourth-order valence-electron chi connectivity index (χ4n) is 2.81. The number of carbonyl (C=O) groups is 1. The fourth-order valence-corrected chi connectivity index (χ4v) is 2.81. The molecule has 2 atom stereocenters. The van der Waals surface area contributed by atoms with Crippen molar-refractivity contribution >= 4 is 5.78 Å². The molecule has 2 nitrogen and oxygen atoms in total. The van der Waals surface area contributed by atoms with E-state index in [4.69, 9.17) is 0 Å². The van der Waals surface area contributed by atoms with Crippen LogP contribution in [0.5, 0.6) is 0 Å². The standard InChI is InChI=1S/C11H19NO/c1-11(2)7-10(13)8-5-3-4-6-9(8)12-11/h8-9,12H,3-7H2,1-2H3/t8-,9-/m0/s1. The van der Waals surface area contributed by atoms with Gasteiger partial charge in [0.1, 0.15) is 5.78 Å². The van der Waals surface area contributed by atoms with Crippen molar-refractivity contribution < 1.29 is 4.79 Å². The molecule has 74 valence electrons. The lowest BCUT2D eigenvalue weighted by atomic mass is 9.74. The second-order valence-electron chi connectivity index (χ2n) is 5.17. The summed E-state index contributed by atoms with van der Waals surface area (Å²) in [4.78, 5) is 11.8. The number of nitrogens with one attached hydrogen (secondary N) is 1. The van der Waals surface area contributed by atoms with E-state index in [1.165, 1.54) is 19.3 Å². The molecule has 0 spiro atoms. The van der Waals surface area contributed by atoms with Gasteiger partial charge in [0, 0.05) is 23.9 Å². The molecule has 1 saturated heterocycles. The van der Waals surface area contributed by atoms with E-state index in [0.717, 1.165) is 6.42 Å². The van der Waals surface area contributed by atoms with Gasteiger partial charge in [-0.25, -0.2) is 0 Å². The Kier molecular flexibility index (Phi) is 2.18. The first kappa shape index (κ1) is 9.20. The minimum Gasteiger partial charge on any atom is -0.308 e. The Bertz CT molecular complexity index is 222. The minimum absolute atomic E-state index is 0.0373. The molecular weight excluding hydrogens is 162 g/mol. The molecule has 0 aromatic rings. The molecule has 2 aliphatic rings. The lowest BCUT2D eigenvalue weighted by Gasteiger charge is -2.43. The summed E-state index contributed by atoms with van der Waals surface area (Å²) in [6, 6.07) is 0.477. The van der Waals surface area contributed by atoms with Gasteiger partial charge in [0.15, 0.2) is 0 Å². The van der Waals surface area contributed by atoms with Gasteiger partial charge in [-0.15, -0.1) is 0 Å². The molecule has 0 unspecified atom stereocenters. The molecule has 0 aromatic carbocycles. The number of hydrogen-bond acceptors (Lipinski definition) is 2. The van der Waals surface area contributed by atoms with Crippen molar-refractivity contribution in [3.63, 3.8) is 0 Å². The molecule has 2 fully saturated rings. The Morgan fingerprint density at radius 1 is 1.31 bits per heavy atom. The van der Waals surface area contributed by atoms with Crippen LogP contribution >= 0.6 is 0 Å². The average molecular weight is 181 g/mol. The SMILES string of the molecule is CC1(C)CC(=O)[C@H]2CCCC[C@@H]2N1. The Hall–Kier alpha value is -0.370. The molecule has 1 aliphatic carbocycles. The van der Waals surface area contributed by atoms with Crippen LogP contribution in [0.15, 0.2) is 0 Å². The van der Waals surface area contributed by atoms with Gasteiger partial charge in [-0.2, -0.15) is 0 Å². The fraction of sp³-hybridized carbons (Fsp3) is 0.909. The highest BCUT2D eigenvalue weighted by atomic mass is 16.1. The Labute approximate surface area is 80.1 Å². The number of ketones is 1. The van der Waals surface area contributed by atoms with Crippen LogP contribution in [0.4, 0.5) is 0 Å². The van der Waals surface area contributed by atoms with E-state index >= 15 is 0 Å². The van der Waals surface area contributed by atoms with Gasteiger partial charge in [0.2, 0.25) is 0 Å². The van der Waals surface area contributed by atoms with Crippen molar-refractivity contribution in [1.29, 1.82) is 0 Å². The van der Waals surface area contributed by atoms with Crippen molar-refractivity contribution in [2.45, 2.75) is 57.5 Å². The van der Waals surface area contributed by atoms with E-state index in [-0.39, 0.29) is 5.54 Å². The first-order chi connectivity index (χ1) is 6.08. The van der Waals surface area contributed by atoms with Gasteiger partial charge in [0.25, 0.3) is 0 Å². The largest absolute Gasteiger partial charge is 0.308 e. The van der Waals surface area contributed by atoms with E-state index in [1.54, 1.807) is 0 Å². The molecule has 0 radical (unpaired) electrons. The predicted molar refractivity (Wildman–Crippen MR) is 52.6 cm³/mol. The first-order valence-electron chi connectivity index (χ1n) is 5.39. The summed E-state index contributed by atoms with van der Waals surface area (Å²) >= 11 is 0. The van der Waals surface area contributed by atoms with Crippen LogP contribution in [0.1, 0.15) is 46.0 Å². The van der Waals surface area contributed by atoms with Gasteiger partial charge in [0.05, 0.1) is 0 Å². The lowest BCUT2D eigenvalue weighted by molar-refractivity contribution is -0.129. The van der Waals surface area contributed by atoms with E-state index in [9.17, 15) is 4.79 Å². The number of hydrogen-bond donors (Lipinski definition) is 1. The lowest BCUT2D eigenvalue weighted by Crippen LogP contribution is -2.58. The summed E-state index contributed by atoms with van der Waals surface area (Å²) in [6.07, 6.45) is 5.56. The third-order valence-electron chi connectivity index (χ3n) is 3.37. The zero-order valence-corrected chi connectivity index (χ0v) is 8.60. The highest BCUT2D eigenvalue weighted by molar-refractivity contribution is 5.83. The van der Waals surface area contributed by atoms with Crippen LogP contribution in [-0.4, -0.2) is 17.4 Å². The van der Waals surface area contributed by atoms with Crippen LogP contribution < -0.4 is 5.32 Å². The highest BCUT2D eigenvalue weighted by Gasteiger charge is 2.40. The van der Waals surface area contributed by atoms with Gasteiger partial charge < -0.3 is 5.32 Å². The number of Topliss-reactive ketones (excluding diaryl/α,β-unsaturated/α-hetero) is 1. The average Bonchev–Trinajstić information content (AvgIpc) is 2.02. The molecule has 0 bridgehead atoms. The molecule has 2 rings (SSSR count). The molecule has 1 saturated carbocycles. The first-order valence-corrected chi connectivity index (χ1v) is 5.39. The van der Waals surface area contributed by atoms with Crippen molar-refractivity contribution in [3.05, 3.63) is 0 Å². The number of rotatable bonds is 0. The van der Waals surface area contributed by atoms with E-state index in [2.05, 4.69) is 19.2 Å². The number of fused-ring (bicyclic) bond motifs is 1. The zero-order chi connectivity index (χ0) is 9.47. The minimum atomic E-state index is 0.0373. The van der Waals surface area contributed by atoms with Gasteiger partial charge in [-0.1, -0.05) is 12.8 Å². The summed E-state index contributed by atoms with van der Waals surface area (Å²) < 4.78 is 0. The van der Waals surface area contributed by atoms with Gasteiger partial charge in [-0.3, -0.25) is 4.79 Å². The third kappa shape index (κ3) is 1.78. The summed E-state index contributed by atoms with van der Waals surface area (Å²) in [5.74, 6) is 0.829. The maximum absolute atomic E-state index is 11.8. The summed E-state index contributed by atoms with van der Waals surface area (Å²) in [5.41, 5.74) is 0.0373. The summed E-state index contributed by atoms with van der Waals surface area (Å²) in [6.45, 7) is 4.27. The van der Waals surface area contributed by atoms with Crippen molar-refractivity contribution in [3.8, 4) is 0 Å². The molecule has 1 aliphatic heterocycles. The molecule has 2 heteroatoms. The number of piperidine rings is 1. The highest BCUT2D eigenvalue weighted by Crippen LogP contribution is 2.33. The molecular formula is C11H19NO. The smallest absolute Gasteiger partial charge is 0.139 e. The van der Waals surface area contributed by atoms with E-state index in [1.807, 2.05) is 0 Å². The van der Waals surface area contributed by atoms with Crippen LogP contribution in [-0.2, 0) is 4.79 Å². The van der Waals surface area contributed by atoms with Crippen LogP contribution in [0, 0.1) is 5.92 Å². The van der Waals surface area contributed by atoms with Crippen molar-refractivity contribution in [1.82, 2.24) is 5.32 Å². The van der Waals surface area contributed by atoms with Crippen molar-refractivity contribution in [2.24, 2.45) is 5.92 Å². The Balaban J connectivity index is 2.12. The van der Waals surface area contributed by atoms with Crippen LogP contribution in [0.2, 0.25) is 0 Å². The maximum Gasteiger partial charge on any atom is 0.139 e. The second-order valence-corrected chi connectivity index (χ2v) is 5.17. The van der Waals surface area contributed by atoms with Crippen molar-refractivity contribution in [2.75, 3.05) is 0 Å². The zero-order valence-electron chi connectivity index (χ0n) is 8.60. The van der Waals surface area contributed by atoms with E-state index in [0.29, 0.717) is 24.2 Å². The Morgan fingerprint density at radius 2 is 2.00 bits per heavy atom. The van der Waals surface area contributed by atoms with Crippen LogP contribution in [0.25, 0.3) is 0 Å². The normalized spacial score (nSPS) is 38.5. The molecule has 1 heterocycles. The van der Waals surface area contributed by atoms with Gasteiger partial charge >= 0.3 is 0 Å². The topological polar surface area (TPSA) is 29.1 Å². The monoisotopic (exact) mass is 181 g/mol. The Morgan fingerprint density at radius 3 is 2.77 bits per heavy atom. The molecule has 1 N–H and O–H groups in total. The maximum atomic E-state index is 11.8. The van der Waals surface area contributed by atoms with Crippen LogP contribution in [0.3, 0.4) is 0 Å². The van der Waals surface area contributed by atoms with E-state index < -0.39 is 0 Å². The second kappa shape index (κ2) is 3.09. The summed E-state index contributed by atoms with van der Waals surface area (Å²) in [7, 11) is 0.